The van der Waals surface area contributed by atoms with Gasteiger partial charge in [-0.15, -0.1) is 0 Å². The summed E-state index contributed by atoms with van der Waals surface area (Å²) in [7, 11) is 1.56. The Balaban J connectivity index is 1.89. The number of carbonyl (C=O) groups is 2. The first kappa shape index (κ1) is 17.9. The molecule has 0 saturated carbocycles. The van der Waals surface area contributed by atoms with Crippen molar-refractivity contribution < 1.29 is 22.8 Å². The number of hydrogen-bond acceptors (Lipinski definition) is 3. The zero-order chi connectivity index (χ0) is 19.0. The van der Waals surface area contributed by atoms with Gasteiger partial charge in [-0.25, -0.2) is 13.2 Å². The van der Waals surface area contributed by atoms with Gasteiger partial charge >= 0.3 is 0 Å². The Kier molecular flexibility index (Phi) is 4.67. The Labute approximate surface area is 147 Å². The summed E-state index contributed by atoms with van der Waals surface area (Å²) in [6.45, 7) is 2.10. The molecule has 1 aliphatic rings. The standard InChI is InChI=1S/C18H16F3N3O2/c1-9-3-4-10(7-22-9)11-8-24(2)18(26)14(11)17(25)23-13-6-5-12(19)15(20)16(13)21/h3-7,11,14H,8H2,1-2H3,(H,23,25)/t11-,14+/m1/s1. The van der Waals surface area contributed by atoms with E-state index in [0.29, 0.717) is 18.2 Å². The number of likely N-dealkylation sites (N-methyl/N-ethyl adjacent to an activating group) is 1. The molecule has 3 rings (SSSR count). The fourth-order valence-corrected chi connectivity index (χ4v) is 3.02. The molecule has 1 aliphatic heterocycles. The number of pyridine rings is 1. The van der Waals surface area contributed by atoms with Crippen molar-refractivity contribution in [3.05, 3.63) is 59.2 Å². The van der Waals surface area contributed by atoms with E-state index < -0.39 is 46.8 Å². The molecule has 0 spiro atoms. The predicted molar refractivity (Wildman–Crippen MR) is 87.8 cm³/mol. The van der Waals surface area contributed by atoms with E-state index in [1.165, 1.54) is 4.90 Å². The van der Waals surface area contributed by atoms with Crippen LogP contribution in [0.15, 0.2) is 30.5 Å². The van der Waals surface area contributed by atoms with E-state index in [-0.39, 0.29) is 0 Å². The zero-order valence-electron chi connectivity index (χ0n) is 14.1. The van der Waals surface area contributed by atoms with Crippen LogP contribution in [-0.4, -0.2) is 35.3 Å². The first-order chi connectivity index (χ1) is 12.3. The van der Waals surface area contributed by atoms with Crippen molar-refractivity contribution in [3.8, 4) is 0 Å². The maximum absolute atomic E-state index is 13.8. The number of benzene rings is 1. The van der Waals surface area contributed by atoms with Crippen LogP contribution in [0.1, 0.15) is 17.2 Å². The van der Waals surface area contributed by atoms with Crippen molar-refractivity contribution in [1.82, 2.24) is 9.88 Å². The molecule has 1 N–H and O–H groups in total. The molecule has 8 heteroatoms. The molecule has 2 amide bonds. The predicted octanol–water partition coefficient (Wildman–Crippen LogP) is 2.62. The normalized spacial score (nSPS) is 19.7. The van der Waals surface area contributed by atoms with Gasteiger partial charge in [-0.2, -0.15) is 0 Å². The highest BCUT2D eigenvalue weighted by molar-refractivity contribution is 6.08. The molecule has 5 nitrogen and oxygen atoms in total. The molecule has 1 aromatic carbocycles. The highest BCUT2D eigenvalue weighted by atomic mass is 19.2. The first-order valence-electron chi connectivity index (χ1n) is 7.91. The number of nitrogens with zero attached hydrogens (tertiary/aromatic N) is 2. The van der Waals surface area contributed by atoms with Crippen LogP contribution in [0.2, 0.25) is 0 Å². The number of halogens is 3. The maximum Gasteiger partial charge on any atom is 0.237 e. The maximum atomic E-state index is 13.8. The SMILES string of the molecule is Cc1ccc([C@H]2CN(C)C(=O)[C@@H]2C(=O)Nc2ccc(F)c(F)c2F)cn1. The zero-order valence-corrected chi connectivity index (χ0v) is 14.1. The van der Waals surface area contributed by atoms with Crippen molar-refractivity contribution in [2.75, 3.05) is 18.9 Å². The fraction of sp³-hybridized carbons (Fsp3) is 0.278. The van der Waals surface area contributed by atoms with Gasteiger partial charge in [0.2, 0.25) is 11.8 Å². The topological polar surface area (TPSA) is 62.3 Å². The lowest BCUT2D eigenvalue weighted by atomic mass is 9.88. The third-order valence-electron chi connectivity index (χ3n) is 4.45. The average Bonchev–Trinajstić information content (AvgIpc) is 2.91. The molecular weight excluding hydrogens is 347 g/mol. The second-order valence-electron chi connectivity index (χ2n) is 6.25. The van der Waals surface area contributed by atoms with Crippen molar-refractivity contribution >= 4 is 17.5 Å². The van der Waals surface area contributed by atoms with E-state index >= 15 is 0 Å². The molecule has 1 saturated heterocycles. The summed E-state index contributed by atoms with van der Waals surface area (Å²) in [5.74, 6) is -7.36. The molecule has 0 aliphatic carbocycles. The van der Waals surface area contributed by atoms with Crippen molar-refractivity contribution in [1.29, 1.82) is 0 Å². The van der Waals surface area contributed by atoms with Crippen molar-refractivity contribution in [2.24, 2.45) is 5.92 Å². The Morgan fingerprint density at radius 3 is 2.58 bits per heavy atom. The highest BCUT2D eigenvalue weighted by Crippen LogP contribution is 2.34. The lowest BCUT2D eigenvalue weighted by molar-refractivity contribution is -0.135. The molecule has 0 radical (unpaired) electrons. The molecule has 2 heterocycles. The second kappa shape index (κ2) is 6.78. The monoisotopic (exact) mass is 363 g/mol. The Bertz CT molecular complexity index is 871. The minimum absolute atomic E-state index is 0.294. The third-order valence-corrected chi connectivity index (χ3v) is 4.45. The van der Waals surface area contributed by atoms with Crippen molar-refractivity contribution in [3.63, 3.8) is 0 Å². The third kappa shape index (κ3) is 3.14. The number of anilines is 1. The molecule has 2 atom stereocenters. The van der Waals surface area contributed by atoms with Gasteiger partial charge in [0.1, 0.15) is 5.92 Å². The van der Waals surface area contributed by atoms with Gasteiger partial charge in [0.25, 0.3) is 0 Å². The minimum Gasteiger partial charge on any atom is -0.344 e. The molecule has 0 bridgehead atoms. The summed E-state index contributed by atoms with van der Waals surface area (Å²) in [6, 6.07) is 5.16. The molecule has 26 heavy (non-hydrogen) atoms. The molecule has 0 unspecified atom stereocenters. The van der Waals surface area contributed by atoms with Gasteiger partial charge in [0, 0.05) is 31.4 Å². The van der Waals surface area contributed by atoms with E-state index in [1.807, 2.05) is 6.92 Å². The van der Waals surface area contributed by atoms with Crippen LogP contribution in [-0.2, 0) is 9.59 Å². The van der Waals surface area contributed by atoms with E-state index in [9.17, 15) is 22.8 Å². The summed E-state index contributed by atoms with van der Waals surface area (Å²) in [4.78, 5) is 30.6. The van der Waals surface area contributed by atoms with Gasteiger partial charge in [-0.1, -0.05) is 6.07 Å². The van der Waals surface area contributed by atoms with Gasteiger partial charge in [-0.3, -0.25) is 14.6 Å². The van der Waals surface area contributed by atoms with E-state index in [2.05, 4.69) is 10.3 Å². The molecule has 2 aromatic rings. The number of amides is 2. The summed E-state index contributed by atoms with van der Waals surface area (Å²) in [5.41, 5.74) is 0.965. The van der Waals surface area contributed by atoms with Gasteiger partial charge in [0.15, 0.2) is 17.5 Å². The number of aromatic nitrogens is 1. The fourth-order valence-electron chi connectivity index (χ4n) is 3.02. The van der Waals surface area contributed by atoms with Crippen LogP contribution in [0.4, 0.5) is 18.9 Å². The van der Waals surface area contributed by atoms with Crippen molar-refractivity contribution in [2.45, 2.75) is 12.8 Å². The van der Waals surface area contributed by atoms with Crippen LogP contribution in [0.5, 0.6) is 0 Å². The molecular formula is C18H16F3N3O2. The smallest absolute Gasteiger partial charge is 0.237 e. The van der Waals surface area contributed by atoms with Crippen LogP contribution < -0.4 is 5.32 Å². The van der Waals surface area contributed by atoms with Crippen LogP contribution in [0, 0.1) is 30.3 Å². The molecule has 1 fully saturated rings. The first-order valence-corrected chi connectivity index (χ1v) is 7.91. The van der Waals surface area contributed by atoms with Crippen LogP contribution in [0.3, 0.4) is 0 Å². The minimum atomic E-state index is -1.68. The summed E-state index contributed by atoms with van der Waals surface area (Å²) >= 11 is 0. The quantitative estimate of drug-likeness (QED) is 0.674. The average molecular weight is 363 g/mol. The number of likely N-dealkylation sites (tertiary alicyclic amines) is 1. The van der Waals surface area contributed by atoms with Crippen LogP contribution in [0.25, 0.3) is 0 Å². The van der Waals surface area contributed by atoms with E-state index in [0.717, 1.165) is 11.8 Å². The van der Waals surface area contributed by atoms with Gasteiger partial charge in [-0.05, 0) is 30.7 Å². The van der Waals surface area contributed by atoms with Crippen LogP contribution >= 0.6 is 0 Å². The Hall–Kier alpha value is -2.90. The number of rotatable bonds is 3. The van der Waals surface area contributed by atoms with Gasteiger partial charge in [0.05, 0.1) is 5.69 Å². The molecule has 136 valence electrons. The van der Waals surface area contributed by atoms with Gasteiger partial charge < -0.3 is 10.2 Å². The Morgan fingerprint density at radius 1 is 1.19 bits per heavy atom. The highest BCUT2D eigenvalue weighted by Gasteiger charge is 2.44. The number of carbonyl (C=O) groups excluding carboxylic acids is 2. The van der Waals surface area contributed by atoms with E-state index in [1.54, 1.807) is 25.4 Å². The number of hydrogen-bond donors (Lipinski definition) is 1. The lowest BCUT2D eigenvalue weighted by Gasteiger charge is -2.17. The number of aryl methyl sites for hydroxylation is 1. The molecule has 1 aromatic heterocycles. The Morgan fingerprint density at radius 2 is 1.92 bits per heavy atom. The van der Waals surface area contributed by atoms with E-state index in [4.69, 9.17) is 0 Å². The summed E-state index contributed by atoms with van der Waals surface area (Å²) < 4.78 is 40.2. The lowest BCUT2D eigenvalue weighted by Crippen LogP contribution is -2.33. The number of nitrogens with one attached hydrogen (secondary N) is 1. The summed E-state index contributed by atoms with van der Waals surface area (Å²) in [5, 5.41) is 2.19. The second-order valence-corrected chi connectivity index (χ2v) is 6.25. The largest absolute Gasteiger partial charge is 0.344 e. The summed E-state index contributed by atoms with van der Waals surface area (Å²) in [6.07, 6.45) is 1.59.